The number of carbonyl (C=O) groups excluding carboxylic acids is 1. The Morgan fingerprint density at radius 3 is 2.53 bits per heavy atom. The predicted molar refractivity (Wildman–Crippen MR) is 64.5 cm³/mol. The number of nitrogens with two attached hydrogens (primary N) is 1. The number of thiol groups is 1. The van der Waals surface area contributed by atoms with Crippen LogP contribution in [0.1, 0.15) is 12.0 Å². The second kappa shape index (κ2) is 6.21. The van der Waals surface area contributed by atoms with E-state index in [4.69, 9.17) is 10.5 Å². The first-order valence-corrected chi connectivity index (χ1v) is 5.33. The molecule has 6 nitrogen and oxygen atoms in total. The molecule has 0 amide bonds. The van der Waals surface area contributed by atoms with E-state index in [1.165, 1.54) is 24.3 Å². The molecule has 2 N–H and O–H groups in total. The van der Waals surface area contributed by atoms with Gasteiger partial charge in [-0.05, 0) is 17.7 Å². The normalized spacial score (nSPS) is 11.9. The lowest BCUT2D eigenvalue weighted by molar-refractivity contribution is -0.384. The third kappa shape index (κ3) is 4.83. The molecule has 7 heteroatoms. The zero-order valence-electron chi connectivity index (χ0n) is 8.91. The highest BCUT2D eigenvalue weighted by molar-refractivity contribution is 7.80. The molecule has 0 bridgehead atoms. The van der Waals surface area contributed by atoms with Gasteiger partial charge in [0.1, 0.15) is 6.61 Å². The fourth-order valence-corrected chi connectivity index (χ4v) is 1.26. The van der Waals surface area contributed by atoms with Crippen molar-refractivity contribution < 1.29 is 14.5 Å². The molecular weight excluding hydrogens is 244 g/mol. The summed E-state index contributed by atoms with van der Waals surface area (Å²) in [5.41, 5.74) is 5.98. The Kier molecular flexibility index (Phi) is 4.92. The fourth-order valence-electron chi connectivity index (χ4n) is 1.11. The van der Waals surface area contributed by atoms with Crippen molar-refractivity contribution in [2.75, 3.05) is 0 Å². The number of hydrogen-bond donors (Lipinski definition) is 2. The topological polar surface area (TPSA) is 95.5 Å². The van der Waals surface area contributed by atoms with Gasteiger partial charge in [-0.15, -0.1) is 0 Å². The van der Waals surface area contributed by atoms with Gasteiger partial charge in [0, 0.05) is 12.1 Å². The first kappa shape index (κ1) is 13.5. The number of esters is 1. The summed E-state index contributed by atoms with van der Waals surface area (Å²) < 4.78 is 4.90. The molecule has 1 aromatic rings. The predicted octanol–water partition coefficient (Wildman–Crippen LogP) is 1.24. The van der Waals surface area contributed by atoms with Gasteiger partial charge in [0.2, 0.25) is 0 Å². The molecule has 0 heterocycles. The van der Waals surface area contributed by atoms with Crippen LogP contribution in [0.2, 0.25) is 0 Å². The van der Waals surface area contributed by atoms with Crippen LogP contribution >= 0.6 is 12.6 Å². The van der Waals surface area contributed by atoms with E-state index < -0.39 is 16.3 Å². The monoisotopic (exact) mass is 256 g/mol. The van der Waals surface area contributed by atoms with Gasteiger partial charge in [-0.3, -0.25) is 14.9 Å². The first-order chi connectivity index (χ1) is 7.99. The lowest BCUT2D eigenvalue weighted by Crippen LogP contribution is -2.18. The minimum atomic E-state index is -0.542. The smallest absolute Gasteiger partial charge is 0.308 e. The molecule has 0 saturated heterocycles. The van der Waals surface area contributed by atoms with E-state index in [1.807, 2.05) is 0 Å². The van der Waals surface area contributed by atoms with Crippen LogP contribution in [0, 0.1) is 10.1 Å². The summed E-state index contributed by atoms with van der Waals surface area (Å²) in [4.78, 5) is 21.0. The zero-order valence-corrected chi connectivity index (χ0v) is 9.80. The standard InChI is InChI=1S/C10H12N2O4S/c11-9(17)5-10(13)16-6-7-1-3-8(4-2-7)12(14)15/h1-4,9,17H,5-6,11H2. The van der Waals surface area contributed by atoms with E-state index >= 15 is 0 Å². The van der Waals surface area contributed by atoms with Crippen molar-refractivity contribution in [1.82, 2.24) is 0 Å². The molecule has 17 heavy (non-hydrogen) atoms. The van der Waals surface area contributed by atoms with E-state index in [-0.39, 0.29) is 18.7 Å². The maximum Gasteiger partial charge on any atom is 0.308 e. The van der Waals surface area contributed by atoms with Crippen LogP contribution < -0.4 is 5.73 Å². The van der Waals surface area contributed by atoms with E-state index in [1.54, 1.807) is 0 Å². The van der Waals surface area contributed by atoms with Gasteiger partial charge in [-0.25, -0.2) is 0 Å². The number of carbonyl (C=O) groups is 1. The molecule has 1 unspecified atom stereocenters. The second-order valence-electron chi connectivity index (χ2n) is 3.36. The number of hydrogen-bond acceptors (Lipinski definition) is 6. The van der Waals surface area contributed by atoms with Crippen LogP contribution in [-0.2, 0) is 16.1 Å². The Balaban J connectivity index is 2.47. The highest BCUT2D eigenvalue weighted by Crippen LogP contribution is 2.12. The summed E-state index contributed by atoms with van der Waals surface area (Å²) >= 11 is 3.86. The molecule has 0 aromatic heterocycles. The van der Waals surface area contributed by atoms with Gasteiger partial charge in [-0.1, -0.05) is 0 Å². The van der Waals surface area contributed by atoms with Crippen LogP contribution in [0.25, 0.3) is 0 Å². The summed E-state index contributed by atoms with van der Waals surface area (Å²) in [7, 11) is 0. The third-order valence-electron chi connectivity index (χ3n) is 1.92. The van der Waals surface area contributed by atoms with E-state index in [2.05, 4.69) is 12.6 Å². The molecule has 1 atom stereocenters. The number of nitro benzene ring substituents is 1. The van der Waals surface area contributed by atoms with E-state index in [0.29, 0.717) is 5.56 Å². The average Bonchev–Trinajstić information content (AvgIpc) is 2.26. The van der Waals surface area contributed by atoms with Gasteiger partial charge < -0.3 is 10.5 Å². The quantitative estimate of drug-likeness (QED) is 0.272. The van der Waals surface area contributed by atoms with Crippen LogP contribution in [-0.4, -0.2) is 16.3 Å². The van der Waals surface area contributed by atoms with Crippen molar-refractivity contribution in [3.05, 3.63) is 39.9 Å². The maximum atomic E-state index is 11.1. The minimum absolute atomic E-state index is 0.00235. The van der Waals surface area contributed by atoms with E-state index in [9.17, 15) is 14.9 Å². The highest BCUT2D eigenvalue weighted by atomic mass is 32.1. The second-order valence-corrected chi connectivity index (χ2v) is 4.02. The fraction of sp³-hybridized carbons (Fsp3) is 0.300. The van der Waals surface area contributed by atoms with Gasteiger partial charge in [0.25, 0.3) is 5.69 Å². The van der Waals surface area contributed by atoms with Gasteiger partial charge >= 0.3 is 5.97 Å². The molecule has 0 aliphatic carbocycles. The van der Waals surface area contributed by atoms with E-state index in [0.717, 1.165) is 0 Å². The Hall–Kier alpha value is -1.60. The molecule has 0 saturated carbocycles. The largest absolute Gasteiger partial charge is 0.461 e. The number of nitrogens with zero attached hydrogens (tertiary/aromatic N) is 1. The van der Waals surface area contributed by atoms with Gasteiger partial charge in [0.05, 0.1) is 16.7 Å². The molecule has 0 radical (unpaired) electrons. The number of benzene rings is 1. The minimum Gasteiger partial charge on any atom is -0.461 e. The zero-order chi connectivity index (χ0) is 12.8. The number of rotatable bonds is 5. The Morgan fingerprint density at radius 1 is 1.47 bits per heavy atom. The third-order valence-corrected chi connectivity index (χ3v) is 2.11. The first-order valence-electron chi connectivity index (χ1n) is 4.81. The van der Waals surface area contributed by atoms with Crippen molar-refractivity contribution in [2.45, 2.75) is 18.4 Å². The van der Waals surface area contributed by atoms with Crippen molar-refractivity contribution in [1.29, 1.82) is 0 Å². The lowest BCUT2D eigenvalue weighted by atomic mass is 10.2. The van der Waals surface area contributed by atoms with Crippen molar-refractivity contribution >= 4 is 24.3 Å². The molecule has 0 aliphatic heterocycles. The number of nitro groups is 1. The van der Waals surface area contributed by atoms with Gasteiger partial charge in [0.15, 0.2) is 0 Å². The molecule has 0 fully saturated rings. The van der Waals surface area contributed by atoms with Crippen LogP contribution in [0.15, 0.2) is 24.3 Å². The van der Waals surface area contributed by atoms with Crippen LogP contribution in [0.3, 0.4) is 0 Å². The maximum absolute atomic E-state index is 11.1. The molecule has 92 valence electrons. The molecule has 0 spiro atoms. The Bertz CT molecular complexity index is 405. The van der Waals surface area contributed by atoms with Crippen molar-refractivity contribution in [2.24, 2.45) is 5.73 Å². The Morgan fingerprint density at radius 2 is 2.06 bits per heavy atom. The summed E-state index contributed by atoms with van der Waals surface area (Å²) in [6, 6.07) is 5.78. The lowest BCUT2D eigenvalue weighted by Gasteiger charge is -2.06. The Labute approximate surface area is 103 Å². The molecule has 0 aliphatic rings. The van der Waals surface area contributed by atoms with Crippen LogP contribution in [0.5, 0.6) is 0 Å². The summed E-state index contributed by atoms with van der Waals surface area (Å²) in [5, 5.41) is 9.86. The summed E-state index contributed by atoms with van der Waals surface area (Å²) in [6.45, 7) is 0.0668. The van der Waals surface area contributed by atoms with Gasteiger partial charge in [-0.2, -0.15) is 12.6 Å². The van der Waals surface area contributed by atoms with Crippen molar-refractivity contribution in [3.8, 4) is 0 Å². The SMILES string of the molecule is NC(S)CC(=O)OCc1ccc([N+](=O)[O-])cc1. The summed E-state index contributed by atoms with van der Waals surface area (Å²) in [5.74, 6) is -0.453. The number of ether oxygens (including phenoxy) is 1. The molecule has 1 aromatic carbocycles. The van der Waals surface area contributed by atoms with Crippen LogP contribution in [0.4, 0.5) is 5.69 Å². The van der Waals surface area contributed by atoms with Crippen molar-refractivity contribution in [3.63, 3.8) is 0 Å². The highest BCUT2D eigenvalue weighted by Gasteiger charge is 2.08. The molecule has 1 rings (SSSR count). The average molecular weight is 256 g/mol. The number of non-ortho nitro benzene ring substituents is 1. The summed E-state index contributed by atoms with van der Waals surface area (Å²) in [6.07, 6.45) is 0.0239. The molecular formula is C10H12N2O4S.